The lowest BCUT2D eigenvalue weighted by Crippen LogP contribution is -2.18. The van der Waals surface area contributed by atoms with Gasteiger partial charge in [-0.1, -0.05) is 18.9 Å². The van der Waals surface area contributed by atoms with Crippen molar-refractivity contribution in [2.75, 3.05) is 5.32 Å². The molecule has 0 saturated heterocycles. The average Bonchev–Trinajstić information content (AvgIpc) is 3.17. The lowest BCUT2D eigenvalue weighted by atomic mass is 10.1. The number of benzene rings is 1. The molecule has 0 atom stereocenters. The van der Waals surface area contributed by atoms with Crippen LogP contribution in [0.25, 0.3) is 0 Å². The highest BCUT2D eigenvalue weighted by Crippen LogP contribution is 2.31. The van der Waals surface area contributed by atoms with E-state index in [1.165, 1.54) is 25.0 Å². The predicted molar refractivity (Wildman–Crippen MR) is 85.5 cm³/mol. The lowest BCUT2D eigenvalue weighted by molar-refractivity contribution is -0.385. The first-order chi connectivity index (χ1) is 11.1. The summed E-state index contributed by atoms with van der Waals surface area (Å²) < 4.78 is 1.84. The van der Waals surface area contributed by atoms with E-state index >= 15 is 0 Å². The summed E-state index contributed by atoms with van der Waals surface area (Å²) in [5.74, 6) is 0.277. The standard InChI is InChI=1S/C16H18N4O3/c1-11-13(7-4-8-14(11)20(22)23)16(21)18-15-9-10-17-19(15)12-5-2-3-6-12/h4,7-10,12H,2-3,5-6H2,1H3,(H,18,21). The summed E-state index contributed by atoms with van der Waals surface area (Å²) in [6.07, 6.45) is 6.11. The van der Waals surface area contributed by atoms with Crippen LogP contribution in [-0.2, 0) is 0 Å². The molecule has 1 fully saturated rings. The van der Waals surface area contributed by atoms with Gasteiger partial charge >= 0.3 is 0 Å². The van der Waals surface area contributed by atoms with E-state index in [0.29, 0.717) is 23.0 Å². The van der Waals surface area contributed by atoms with Crippen LogP contribution in [0.5, 0.6) is 0 Å². The number of nitro groups is 1. The highest BCUT2D eigenvalue weighted by Gasteiger charge is 2.22. The number of anilines is 1. The van der Waals surface area contributed by atoms with Gasteiger partial charge in [0.1, 0.15) is 5.82 Å². The van der Waals surface area contributed by atoms with Crippen LogP contribution in [0.3, 0.4) is 0 Å². The van der Waals surface area contributed by atoms with E-state index in [1.807, 2.05) is 4.68 Å². The summed E-state index contributed by atoms with van der Waals surface area (Å²) in [4.78, 5) is 23.0. The van der Waals surface area contributed by atoms with Crippen LogP contribution < -0.4 is 5.32 Å². The first-order valence-corrected chi connectivity index (χ1v) is 7.67. The second kappa shape index (κ2) is 6.20. The molecule has 0 spiro atoms. The van der Waals surface area contributed by atoms with Crippen molar-refractivity contribution in [2.45, 2.75) is 38.6 Å². The molecule has 2 aromatic rings. The molecule has 7 nitrogen and oxygen atoms in total. The third-order valence-corrected chi connectivity index (χ3v) is 4.33. The summed E-state index contributed by atoms with van der Waals surface area (Å²) in [5, 5.41) is 18.1. The second-order valence-corrected chi connectivity index (χ2v) is 5.76. The van der Waals surface area contributed by atoms with Crippen molar-refractivity contribution < 1.29 is 9.72 Å². The van der Waals surface area contributed by atoms with Crippen molar-refractivity contribution in [3.05, 3.63) is 51.7 Å². The molecule has 3 rings (SSSR count). The van der Waals surface area contributed by atoms with Gasteiger partial charge in [-0.2, -0.15) is 5.10 Å². The molecular formula is C16H18N4O3. The third kappa shape index (κ3) is 2.94. The number of hydrogen-bond acceptors (Lipinski definition) is 4. The van der Waals surface area contributed by atoms with Gasteiger partial charge in [0.15, 0.2) is 0 Å². The van der Waals surface area contributed by atoms with E-state index < -0.39 is 4.92 Å². The molecule has 1 aromatic heterocycles. The fourth-order valence-corrected chi connectivity index (χ4v) is 3.10. The number of nitrogens with one attached hydrogen (secondary N) is 1. The minimum absolute atomic E-state index is 0.0537. The van der Waals surface area contributed by atoms with Crippen LogP contribution in [0.4, 0.5) is 11.5 Å². The highest BCUT2D eigenvalue weighted by molar-refractivity contribution is 6.05. The molecule has 0 radical (unpaired) electrons. The quantitative estimate of drug-likeness (QED) is 0.691. The van der Waals surface area contributed by atoms with Gasteiger partial charge in [-0.05, 0) is 25.8 Å². The Labute approximate surface area is 133 Å². The molecule has 0 unspecified atom stereocenters. The Morgan fingerprint density at radius 1 is 1.35 bits per heavy atom. The summed E-state index contributed by atoms with van der Waals surface area (Å²) >= 11 is 0. The molecule has 1 N–H and O–H groups in total. The van der Waals surface area contributed by atoms with Crippen LogP contribution in [0, 0.1) is 17.0 Å². The Bertz CT molecular complexity index is 748. The van der Waals surface area contributed by atoms with Gasteiger partial charge in [0.25, 0.3) is 11.6 Å². The number of nitrogens with zero attached hydrogens (tertiary/aromatic N) is 3. The maximum Gasteiger partial charge on any atom is 0.273 e. The minimum atomic E-state index is -0.477. The molecule has 1 aromatic carbocycles. The number of aromatic nitrogens is 2. The Morgan fingerprint density at radius 2 is 2.09 bits per heavy atom. The molecule has 0 bridgehead atoms. The topological polar surface area (TPSA) is 90.1 Å². The summed E-state index contributed by atoms with van der Waals surface area (Å²) in [7, 11) is 0. The largest absolute Gasteiger partial charge is 0.307 e. The highest BCUT2D eigenvalue weighted by atomic mass is 16.6. The smallest absolute Gasteiger partial charge is 0.273 e. The van der Waals surface area contributed by atoms with Gasteiger partial charge in [0.05, 0.1) is 17.2 Å². The number of carbonyl (C=O) groups is 1. The van der Waals surface area contributed by atoms with Gasteiger partial charge in [-0.3, -0.25) is 14.9 Å². The third-order valence-electron chi connectivity index (χ3n) is 4.33. The van der Waals surface area contributed by atoms with Crippen molar-refractivity contribution in [3.63, 3.8) is 0 Å². The van der Waals surface area contributed by atoms with E-state index in [-0.39, 0.29) is 11.6 Å². The van der Waals surface area contributed by atoms with E-state index in [0.717, 1.165) is 12.8 Å². The van der Waals surface area contributed by atoms with E-state index in [9.17, 15) is 14.9 Å². The van der Waals surface area contributed by atoms with Crippen molar-refractivity contribution >= 4 is 17.4 Å². The molecule has 120 valence electrons. The normalized spacial score (nSPS) is 14.8. The summed E-state index contributed by atoms with van der Waals surface area (Å²) in [6, 6.07) is 6.58. The molecule has 1 heterocycles. The maximum absolute atomic E-state index is 12.5. The van der Waals surface area contributed by atoms with Gasteiger partial charge in [-0.15, -0.1) is 0 Å². The average molecular weight is 314 g/mol. The van der Waals surface area contributed by atoms with Crippen molar-refractivity contribution in [1.82, 2.24) is 9.78 Å². The van der Waals surface area contributed by atoms with Gasteiger partial charge < -0.3 is 5.32 Å². The molecule has 7 heteroatoms. The van der Waals surface area contributed by atoms with E-state index in [1.54, 1.807) is 25.3 Å². The molecular weight excluding hydrogens is 296 g/mol. The van der Waals surface area contributed by atoms with Gasteiger partial charge in [0, 0.05) is 23.3 Å². The Morgan fingerprint density at radius 3 is 2.78 bits per heavy atom. The zero-order chi connectivity index (χ0) is 16.4. The van der Waals surface area contributed by atoms with Crippen molar-refractivity contribution in [2.24, 2.45) is 0 Å². The fraction of sp³-hybridized carbons (Fsp3) is 0.375. The van der Waals surface area contributed by atoms with E-state index in [4.69, 9.17) is 0 Å². The van der Waals surface area contributed by atoms with Crippen molar-refractivity contribution in [1.29, 1.82) is 0 Å². The number of nitro benzene ring substituents is 1. The maximum atomic E-state index is 12.5. The number of amides is 1. The molecule has 1 saturated carbocycles. The predicted octanol–water partition coefficient (Wildman–Crippen LogP) is 3.47. The van der Waals surface area contributed by atoms with Gasteiger partial charge in [0.2, 0.25) is 0 Å². The molecule has 0 aliphatic heterocycles. The monoisotopic (exact) mass is 314 g/mol. The van der Waals surface area contributed by atoms with Crippen LogP contribution in [0.2, 0.25) is 0 Å². The Kier molecular flexibility index (Phi) is 4.10. The minimum Gasteiger partial charge on any atom is -0.307 e. The van der Waals surface area contributed by atoms with Crippen LogP contribution in [0.15, 0.2) is 30.5 Å². The molecule has 1 aliphatic rings. The Hall–Kier alpha value is -2.70. The number of rotatable bonds is 4. The van der Waals surface area contributed by atoms with Crippen LogP contribution in [0.1, 0.15) is 47.6 Å². The first-order valence-electron chi connectivity index (χ1n) is 7.67. The number of hydrogen-bond donors (Lipinski definition) is 1. The van der Waals surface area contributed by atoms with Gasteiger partial charge in [-0.25, -0.2) is 4.68 Å². The lowest BCUT2D eigenvalue weighted by Gasteiger charge is -2.15. The van der Waals surface area contributed by atoms with Crippen LogP contribution in [-0.4, -0.2) is 20.6 Å². The second-order valence-electron chi connectivity index (χ2n) is 5.76. The van der Waals surface area contributed by atoms with E-state index in [2.05, 4.69) is 10.4 Å². The SMILES string of the molecule is Cc1c(C(=O)Nc2ccnn2C2CCCC2)cccc1[N+](=O)[O-]. The zero-order valence-electron chi connectivity index (χ0n) is 12.9. The van der Waals surface area contributed by atoms with Crippen LogP contribution >= 0.6 is 0 Å². The zero-order valence-corrected chi connectivity index (χ0v) is 12.9. The number of carbonyl (C=O) groups excluding carboxylic acids is 1. The summed E-state index contributed by atoms with van der Waals surface area (Å²) in [5.41, 5.74) is 0.613. The fourth-order valence-electron chi connectivity index (χ4n) is 3.10. The molecule has 1 amide bonds. The van der Waals surface area contributed by atoms with Crippen molar-refractivity contribution in [3.8, 4) is 0 Å². The summed E-state index contributed by atoms with van der Waals surface area (Å²) in [6.45, 7) is 1.58. The Balaban J connectivity index is 1.84. The first kappa shape index (κ1) is 15.2. The molecule has 23 heavy (non-hydrogen) atoms. The molecule has 1 aliphatic carbocycles.